The topological polar surface area (TPSA) is 92.5 Å². The largest absolute Gasteiger partial charge is 0.353 e. The van der Waals surface area contributed by atoms with E-state index in [4.69, 9.17) is 5.73 Å². The molecule has 1 saturated carbocycles. The predicted octanol–water partition coefficient (Wildman–Crippen LogP) is 0.0151. The Labute approximate surface area is 119 Å². The summed E-state index contributed by atoms with van der Waals surface area (Å²) < 4.78 is 0. The van der Waals surface area contributed by atoms with Gasteiger partial charge in [0.25, 0.3) is 0 Å². The van der Waals surface area contributed by atoms with Crippen molar-refractivity contribution >= 4 is 17.7 Å². The van der Waals surface area contributed by atoms with Gasteiger partial charge in [-0.1, -0.05) is 12.8 Å². The number of amides is 3. The van der Waals surface area contributed by atoms with Gasteiger partial charge in [0, 0.05) is 12.1 Å². The molecule has 6 nitrogen and oxygen atoms in total. The van der Waals surface area contributed by atoms with Crippen LogP contribution in [0.3, 0.4) is 0 Å². The van der Waals surface area contributed by atoms with Crippen molar-refractivity contribution in [3.05, 3.63) is 0 Å². The van der Waals surface area contributed by atoms with E-state index >= 15 is 0 Å². The fourth-order valence-corrected chi connectivity index (χ4v) is 2.91. The molecule has 3 amide bonds. The van der Waals surface area contributed by atoms with Crippen LogP contribution in [0.1, 0.15) is 39.5 Å². The van der Waals surface area contributed by atoms with Crippen molar-refractivity contribution in [2.45, 2.75) is 45.1 Å². The monoisotopic (exact) mass is 281 g/mol. The van der Waals surface area contributed by atoms with Crippen LogP contribution in [0.15, 0.2) is 0 Å². The third kappa shape index (κ3) is 3.17. The quantitative estimate of drug-likeness (QED) is 0.710. The summed E-state index contributed by atoms with van der Waals surface area (Å²) in [6.45, 7) is 3.73. The van der Waals surface area contributed by atoms with Gasteiger partial charge in [0.05, 0.1) is 11.8 Å². The number of likely N-dealkylation sites (tertiary alicyclic amines) is 1. The third-order valence-corrected chi connectivity index (χ3v) is 3.98. The van der Waals surface area contributed by atoms with Crippen molar-refractivity contribution in [1.29, 1.82) is 0 Å². The summed E-state index contributed by atoms with van der Waals surface area (Å²) in [4.78, 5) is 37.3. The van der Waals surface area contributed by atoms with Crippen molar-refractivity contribution in [3.63, 3.8) is 0 Å². The van der Waals surface area contributed by atoms with Gasteiger partial charge in [0.2, 0.25) is 17.7 Å². The molecule has 1 heterocycles. The van der Waals surface area contributed by atoms with E-state index in [0.717, 1.165) is 30.6 Å². The van der Waals surface area contributed by atoms with Crippen LogP contribution in [-0.4, -0.2) is 41.2 Å². The van der Waals surface area contributed by atoms with E-state index in [1.165, 1.54) is 0 Å². The summed E-state index contributed by atoms with van der Waals surface area (Å²) in [5.41, 5.74) is 5.27. The maximum atomic E-state index is 12.2. The summed E-state index contributed by atoms with van der Waals surface area (Å²) in [7, 11) is 0. The van der Waals surface area contributed by atoms with E-state index in [-0.39, 0.29) is 36.1 Å². The number of imide groups is 1. The Kier molecular flexibility index (Phi) is 4.13. The van der Waals surface area contributed by atoms with Crippen LogP contribution in [0.4, 0.5) is 0 Å². The second kappa shape index (κ2) is 5.52. The lowest BCUT2D eigenvalue weighted by atomic mass is 9.81. The first kappa shape index (κ1) is 15.0. The summed E-state index contributed by atoms with van der Waals surface area (Å²) in [6.07, 6.45) is 3.51. The molecule has 2 rings (SSSR count). The van der Waals surface area contributed by atoms with Crippen LogP contribution in [0.5, 0.6) is 0 Å². The van der Waals surface area contributed by atoms with Crippen LogP contribution < -0.4 is 11.1 Å². The molecule has 0 bridgehead atoms. The molecule has 112 valence electrons. The fourth-order valence-electron chi connectivity index (χ4n) is 2.91. The molecule has 1 aliphatic heterocycles. The predicted molar refractivity (Wildman–Crippen MR) is 73.4 cm³/mol. The van der Waals surface area contributed by atoms with E-state index < -0.39 is 5.54 Å². The van der Waals surface area contributed by atoms with Gasteiger partial charge >= 0.3 is 0 Å². The highest BCUT2D eigenvalue weighted by Crippen LogP contribution is 2.37. The van der Waals surface area contributed by atoms with Crippen LogP contribution in [0, 0.1) is 11.8 Å². The highest BCUT2D eigenvalue weighted by Gasteiger charge is 2.48. The first-order chi connectivity index (χ1) is 9.29. The zero-order valence-corrected chi connectivity index (χ0v) is 12.1. The molecule has 3 N–H and O–H groups in total. The van der Waals surface area contributed by atoms with Gasteiger partial charge in [-0.3, -0.25) is 19.3 Å². The minimum absolute atomic E-state index is 0.179. The van der Waals surface area contributed by atoms with E-state index in [0.29, 0.717) is 6.54 Å². The Morgan fingerprint density at radius 2 is 1.75 bits per heavy atom. The molecule has 6 heteroatoms. The summed E-state index contributed by atoms with van der Waals surface area (Å²) in [5, 5.41) is 2.66. The lowest BCUT2D eigenvalue weighted by molar-refractivity contribution is -0.143. The van der Waals surface area contributed by atoms with Crippen LogP contribution in [0.25, 0.3) is 0 Å². The number of nitrogens with zero attached hydrogens (tertiary/aromatic N) is 1. The van der Waals surface area contributed by atoms with Crippen LogP contribution in [-0.2, 0) is 14.4 Å². The van der Waals surface area contributed by atoms with Gasteiger partial charge < -0.3 is 11.1 Å². The molecular formula is C14H23N3O3. The number of hydrogen-bond donors (Lipinski definition) is 2. The molecule has 2 unspecified atom stereocenters. The van der Waals surface area contributed by atoms with Gasteiger partial charge in [0.15, 0.2) is 0 Å². The van der Waals surface area contributed by atoms with Crippen molar-refractivity contribution < 1.29 is 14.4 Å². The lowest BCUT2D eigenvalue weighted by Crippen LogP contribution is -2.48. The highest BCUT2D eigenvalue weighted by molar-refractivity contribution is 6.07. The normalized spacial score (nSPS) is 26.6. The first-order valence-electron chi connectivity index (χ1n) is 7.20. The molecule has 0 radical (unpaired) electrons. The third-order valence-electron chi connectivity index (χ3n) is 3.98. The van der Waals surface area contributed by atoms with Crippen molar-refractivity contribution in [1.82, 2.24) is 10.2 Å². The van der Waals surface area contributed by atoms with Gasteiger partial charge in [-0.2, -0.15) is 0 Å². The maximum Gasteiger partial charge on any atom is 0.240 e. The van der Waals surface area contributed by atoms with Gasteiger partial charge in [-0.15, -0.1) is 0 Å². The maximum absolute atomic E-state index is 12.2. The Morgan fingerprint density at radius 1 is 1.25 bits per heavy atom. The second-order valence-electron chi connectivity index (χ2n) is 6.53. The molecule has 0 spiro atoms. The Hall–Kier alpha value is -1.43. The number of carbonyl (C=O) groups is 3. The van der Waals surface area contributed by atoms with Crippen LogP contribution >= 0.6 is 0 Å². The number of nitrogens with one attached hydrogen (secondary N) is 1. The molecule has 1 saturated heterocycles. The van der Waals surface area contributed by atoms with Gasteiger partial charge in [-0.05, 0) is 26.7 Å². The second-order valence-corrected chi connectivity index (χ2v) is 6.53. The molecule has 2 atom stereocenters. The lowest BCUT2D eigenvalue weighted by Gasteiger charge is -2.20. The zero-order valence-electron chi connectivity index (χ0n) is 12.1. The van der Waals surface area contributed by atoms with Gasteiger partial charge in [-0.25, -0.2) is 0 Å². The zero-order chi connectivity index (χ0) is 14.9. The summed E-state index contributed by atoms with van der Waals surface area (Å²) in [5.74, 6) is -1.09. The SMILES string of the molecule is CC(C)(N)CNC(=O)CN1C(=O)C2CCCCC2C1=O. The molecule has 2 fully saturated rings. The number of nitrogens with two attached hydrogens (primary N) is 1. The van der Waals surface area contributed by atoms with E-state index in [2.05, 4.69) is 5.32 Å². The molecule has 0 aromatic rings. The standard InChI is InChI=1S/C14H23N3O3/c1-14(2,15)8-16-11(18)7-17-12(19)9-5-3-4-6-10(9)13(17)20/h9-10H,3-8,15H2,1-2H3,(H,16,18). The Balaban J connectivity index is 1.94. The first-order valence-corrected chi connectivity index (χ1v) is 7.20. The average molecular weight is 281 g/mol. The van der Waals surface area contributed by atoms with Crippen molar-refractivity contribution in [2.75, 3.05) is 13.1 Å². The summed E-state index contributed by atoms with van der Waals surface area (Å²) >= 11 is 0. The summed E-state index contributed by atoms with van der Waals surface area (Å²) in [6, 6.07) is 0. The average Bonchev–Trinajstić information content (AvgIpc) is 2.62. The Bertz CT molecular complexity index is 404. The fraction of sp³-hybridized carbons (Fsp3) is 0.786. The minimum atomic E-state index is -0.511. The number of fused-ring (bicyclic) bond motifs is 1. The molecule has 2 aliphatic rings. The molecular weight excluding hydrogens is 258 g/mol. The smallest absolute Gasteiger partial charge is 0.240 e. The van der Waals surface area contributed by atoms with Crippen molar-refractivity contribution in [2.24, 2.45) is 17.6 Å². The van der Waals surface area contributed by atoms with Crippen LogP contribution in [0.2, 0.25) is 0 Å². The molecule has 0 aromatic heterocycles. The highest BCUT2D eigenvalue weighted by atomic mass is 16.2. The number of hydrogen-bond acceptors (Lipinski definition) is 4. The molecule has 20 heavy (non-hydrogen) atoms. The Morgan fingerprint density at radius 3 is 2.20 bits per heavy atom. The number of rotatable bonds is 4. The minimum Gasteiger partial charge on any atom is -0.353 e. The van der Waals surface area contributed by atoms with E-state index in [1.807, 2.05) is 0 Å². The molecule has 0 aromatic carbocycles. The molecule has 1 aliphatic carbocycles. The van der Waals surface area contributed by atoms with Crippen molar-refractivity contribution in [3.8, 4) is 0 Å². The van der Waals surface area contributed by atoms with Gasteiger partial charge in [0.1, 0.15) is 6.54 Å². The van der Waals surface area contributed by atoms with E-state index in [9.17, 15) is 14.4 Å². The number of carbonyl (C=O) groups excluding carboxylic acids is 3. The van der Waals surface area contributed by atoms with E-state index in [1.54, 1.807) is 13.8 Å².